The smallest absolute Gasteiger partial charge is 0.398 e. The summed E-state index contributed by atoms with van der Waals surface area (Å²) in [6.07, 6.45) is -0.299. The third-order valence-corrected chi connectivity index (χ3v) is 5.35. The van der Waals surface area contributed by atoms with Gasteiger partial charge in [-0.25, -0.2) is 0 Å². The first kappa shape index (κ1) is 19.9. The molecule has 0 bridgehead atoms. The van der Waals surface area contributed by atoms with Crippen LogP contribution in [0.25, 0.3) is 11.3 Å². The van der Waals surface area contributed by atoms with Gasteiger partial charge in [-0.1, -0.05) is 24.3 Å². The number of pyridine rings is 1. The van der Waals surface area contributed by atoms with E-state index in [1.807, 2.05) is 18.2 Å². The van der Waals surface area contributed by atoms with Crippen molar-refractivity contribution in [1.82, 2.24) is 10.3 Å². The molecule has 0 saturated carbocycles. The van der Waals surface area contributed by atoms with E-state index in [9.17, 15) is 18.0 Å². The SMILES string of the molecule is Nc1ccc(C(F)(F)F)cc1-c1cc(C(=O)NC2CCCc3ccccc32)ccn1. The Hall–Kier alpha value is -3.35. The Morgan fingerprint density at radius 1 is 1.10 bits per heavy atom. The molecule has 1 amide bonds. The highest BCUT2D eigenvalue weighted by Crippen LogP contribution is 2.35. The van der Waals surface area contributed by atoms with Crippen molar-refractivity contribution in [2.45, 2.75) is 31.5 Å². The molecule has 3 aromatic rings. The molecule has 1 unspecified atom stereocenters. The van der Waals surface area contributed by atoms with Crippen molar-refractivity contribution in [1.29, 1.82) is 0 Å². The molecule has 4 rings (SSSR count). The molecule has 2 aromatic carbocycles. The van der Waals surface area contributed by atoms with Crippen molar-refractivity contribution < 1.29 is 18.0 Å². The molecule has 7 heteroatoms. The summed E-state index contributed by atoms with van der Waals surface area (Å²) >= 11 is 0. The molecule has 154 valence electrons. The Bertz CT molecular complexity index is 1100. The number of aryl methyl sites for hydroxylation is 1. The number of hydrogen-bond donors (Lipinski definition) is 2. The minimum atomic E-state index is -4.49. The van der Waals surface area contributed by atoms with Gasteiger partial charge in [-0.15, -0.1) is 0 Å². The van der Waals surface area contributed by atoms with Crippen LogP contribution in [0.5, 0.6) is 0 Å². The highest BCUT2D eigenvalue weighted by atomic mass is 19.4. The zero-order chi connectivity index (χ0) is 21.3. The number of nitrogens with two attached hydrogens (primary N) is 1. The molecule has 1 aliphatic carbocycles. The number of carbonyl (C=O) groups is 1. The number of carbonyl (C=O) groups excluding carboxylic acids is 1. The first-order valence-electron chi connectivity index (χ1n) is 9.65. The lowest BCUT2D eigenvalue weighted by atomic mass is 9.87. The average molecular weight is 411 g/mol. The number of aromatic nitrogens is 1. The molecule has 1 atom stereocenters. The molecule has 0 saturated heterocycles. The van der Waals surface area contributed by atoms with Gasteiger partial charge in [0.2, 0.25) is 0 Å². The van der Waals surface area contributed by atoms with Crippen LogP contribution in [0.1, 0.15) is 45.9 Å². The Kier molecular flexibility index (Phi) is 5.20. The summed E-state index contributed by atoms with van der Waals surface area (Å²) in [4.78, 5) is 17.0. The van der Waals surface area contributed by atoms with Crippen molar-refractivity contribution in [3.8, 4) is 11.3 Å². The van der Waals surface area contributed by atoms with Crippen LogP contribution >= 0.6 is 0 Å². The van der Waals surface area contributed by atoms with Gasteiger partial charge in [-0.05, 0) is 60.7 Å². The van der Waals surface area contributed by atoms with Crippen molar-refractivity contribution in [2.24, 2.45) is 0 Å². The van der Waals surface area contributed by atoms with Crippen LogP contribution in [0.15, 0.2) is 60.8 Å². The number of nitrogens with one attached hydrogen (secondary N) is 1. The van der Waals surface area contributed by atoms with Crippen molar-refractivity contribution in [3.05, 3.63) is 83.0 Å². The molecular formula is C23H20F3N3O. The fourth-order valence-corrected chi connectivity index (χ4v) is 3.82. The number of rotatable bonds is 3. The molecular weight excluding hydrogens is 391 g/mol. The summed E-state index contributed by atoms with van der Waals surface area (Å²) in [6, 6.07) is 14.0. The quantitative estimate of drug-likeness (QED) is 0.585. The van der Waals surface area contributed by atoms with Crippen LogP contribution in [0.4, 0.5) is 18.9 Å². The molecule has 0 spiro atoms. The largest absolute Gasteiger partial charge is 0.416 e. The van der Waals surface area contributed by atoms with E-state index in [1.54, 1.807) is 0 Å². The third-order valence-electron chi connectivity index (χ3n) is 5.35. The van der Waals surface area contributed by atoms with E-state index in [2.05, 4.69) is 16.4 Å². The zero-order valence-electron chi connectivity index (χ0n) is 16.0. The van der Waals surface area contributed by atoms with Gasteiger partial charge in [0.1, 0.15) is 0 Å². The fraction of sp³-hybridized carbons (Fsp3) is 0.217. The van der Waals surface area contributed by atoms with Crippen LogP contribution in [-0.2, 0) is 12.6 Å². The molecule has 1 heterocycles. The topological polar surface area (TPSA) is 68.0 Å². The summed E-state index contributed by atoms with van der Waals surface area (Å²) in [5, 5.41) is 3.04. The minimum Gasteiger partial charge on any atom is -0.398 e. The number of nitrogen functional groups attached to an aromatic ring is 1. The zero-order valence-corrected chi connectivity index (χ0v) is 16.0. The predicted octanol–water partition coefficient (Wildman–Crippen LogP) is 5.16. The van der Waals surface area contributed by atoms with Gasteiger partial charge in [-0.3, -0.25) is 9.78 Å². The van der Waals surface area contributed by atoms with E-state index >= 15 is 0 Å². The number of alkyl halides is 3. The molecule has 30 heavy (non-hydrogen) atoms. The maximum Gasteiger partial charge on any atom is 0.416 e. The molecule has 1 aromatic heterocycles. The average Bonchev–Trinajstić information content (AvgIpc) is 2.73. The highest BCUT2D eigenvalue weighted by Gasteiger charge is 2.31. The van der Waals surface area contributed by atoms with Gasteiger partial charge < -0.3 is 11.1 Å². The van der Waals surface area contributed by atoms with Crippen molar-refractivity contribution in [3.63, 3.8) is 0 Å². The standard InChI is InChI=1S/C23H20F3N3O/c24-23(25,26)16-8-9-19(27)18(13-16)21-12-15(10-11-28-21)22(30)29-20-7-3-5-14-4-1-2-6-17(14)20/h1-2,4,6,8-13,20H,3,5,7,27H2,(H,29,30). The lowest BCUT2D eigenvalue weighted by Gasteiger charge is -2.26. The first-order chi connectivity index (χ1) is 14.3. The van der Waals surface area contributed by atoms with Crippen LogP contribution in [0.3, 0.4) is 0 Å². The van der Waals surface area contributed by atoms with E-state index in [0.717, 1.165) is 37.0 Å². The van der Waals surface area contributed by atoms with Crippen LogP contribution in [0, 0.1) is 0 Å². The highest BCUT2D eigenvalue weighted by molar-refractivity contribution is 5.95. The van der Waals surface area contributed by atoms with Gasteiger partial charge in [0.15, 0.2) is 0 Å². The first-order valence-corrected chi connectivity index (χ1v) is 9.65. The second-order valence-electron chi connectivity index (χ2n) is 7.35. The molecule has 1 aliphatic rings. The lowest BCUT2D eigenvalue weighted by molar-refractivity contribution is -0.137. The molecule has 4 nitrogen and oxygen atoms in total. The minimum absolute atomic E-state index is 0.0994. The monoisotopic (exact) mass is 411 g/mol. The summed E-state index contributed by atoms with van der Waals surface area (Å²) in [5.41, 5.74) is 8.24. The van der Waals surface area contributed by atoms with E-state index in [-0.39, 0.29) is 28.9 Å². The van der Waals surface area contributed by atoms with E-state index < -0.39 is 11.7 Å². The fourth-order valence-electron chi connectivity index (χ4n) is 3.82. The van der Waals surface area contributed by atoms with Gasteiger partial charge in [0.25, 0.3) is 5.91 Å². The summed E-state index contributed by atoms with van der Waals surface area (Å²) in [6.45, 7) is 0. The van der Waals surface area contributed by atoms with Crippen LogP contribution in [-0.4, -0.2) is 10.9 Å². The maximum absolute atomic E-state index is 13.1. The Morgan fingerprint density at radius 3 is 2.70 bits per heavy atom. The van der Waals surface area contributed by atoms with Gasteiger partial charge in [-0.2, -0.15) is 13.2 Å². The van der Waals surface area contributed by atoms with Crippen LogP contribution in [0.2, 0.25) is 0 Å². The second-order valence-corrected chi connectivity index (χ2v) is 7.35. The molecule has 0 aliphatic heterocycles. The van der Waals surface area contributed by atoms with E-state index in [4.69, 9.17) is 5.73 Å². The van der Waals surface area contributed by atoms with Crippen molar-refractivity contribution >= 4 is 11.6 Å². The van der Waals surface area contributed by atoms with Crippen LogP contribution < -0.4 is 11.1 Å². The Labute approximate surface area is 171 Å². The summed E-state index contributed by atoms with van der Waals surface area (Å²) in [5.74, 6) is -0.300. The Balaban J connectivity index is 1.61. The Morgan fingerprint density at radius 2 is 1.90 bits per heavy atom. The van der Waals surface area contributed by atoms with Gasteiger partial charge in [0.05, 0.1) is 17.3 Å². The van der Waals surface area contributed by atoms with E-state index in [1.165, 1.54) is 30.0 Å². The summed E-state index contributed by atoms with van der Waals surface area (Å²) in [7, 11) is 0. The van der Waals surface area contributed by atoms with Gasteiger partial charge in [0, 0.05) is 23.0 Å². The number of fused-ring (bicyclic) bond motifs is 1. The molecule has 3 N–H and O–H groups in total. The normalized spacial score (nSPS) is 16.0. The number of benzene rings is 2. The van der Waals surface area contributed by atoms with Gasteiger partial charge >= 0.3 is 6.18 Å². The number of anilines is 1. The number of halogens is 3. The second kappa shape index (κ2) is 7.82. The maximum atomic E-state index is 13.1. The number of amides is 1. The molecule has 0 fully saturated rings. The number of nitrogens with zero attached hydrogens (tertiary/aromatic N) is 1. The predicted molar refractivity (Wildman–Crippen MR) is 109 cm³/mol. The number of hydrogen-bond acceptors (Lipinski definition) is 3. The van der Waals surface area contributed by atoms with Crippen molar-refractivity contribution in [2.75, 3.05) is 5.73 Å². The van der Waals surface area contributed by atoms with E-state index in [0.29, 0.717) is 5.56 Å². The summed E-state index contributed by atoms with van der Waals surface area (Å²) < 4.78 is 39.2. The third kappa shape index (κ3) is 4.01. The lowest BCUT2D eigenvalue weighted by Crippen LogP contribution is -2.31. The molecule has 0 radical (unpaired) electrons.